The number of ether oxygens (including phenoxy) is 1. The number of amides is 2. The van der Waals surface area contributed by atoms with Crippen LogP contribution in [0.1, 0.15) is 26.2 Å². The number of likely N-dealkylation sites (N-methyl/N-ethyl adjacent to an activating group) is 1. The summed E-state index contributed by atoms with van der Waals surface area (Å²) in [7, 11) is 3.36. The number of aliphatic hydroxyl groups is 1. The van der Waals surface area contributed by atoms with Crippen molar-refractivity contribution in [3.63, 3.8) is 0 Å². The van der Waals surface area contributed by atoms with Gasteiger partial charge in [0.25, 0.3) is 0 Å². The van der Waals surface area contributed by atoms with Gasteiger partial charge >= 0.3 is 6.03 Å². The van der Waals surface area contributed by atoms with E-state index in [-0.39, 0.29) is 24.3 Å². The average Bonchev–Trinajstić information content (AvgIpc) is 2.25. The van der Waals surface area contributed by atoms with Crippen molar-refractivity contribution < 1.29 is 14.6 Å². The third-order valence-electron chi connectivity index (χ3n) is 3.51. The molecule has 0 saturated heterocycles. The molecule has 5 heteroatoms. The largest absolute Gasteiger partial charge is 0.394 e. The van der Waals surface area contributed by atoms with Crippen LogP contribution in [-0.2, 0) is 4.74 Å². The normalized spacial score (nSPS) is 19.8. The van der Waals surface area contributed by atoms with Gasteiger partial charge in [-0.25, -0.2) is 4.79 Å². The maximum Gasteiger partial charge on any atom is 0.317 e. The van der Waals surface area contributed by atoms with Crippen molar-refractivity contribution in [2.45, 2.75) is 37.8 Å². The Morgan fingerprint density at radius 1 is 1.62 bits per heavy atom. The molecule has 0 radical (unpaired) electrons. The number of urea groups is 1. The van der Waals surface area contributed by atoms with Crippen LogP contribution in [0.4, 0.5) is 4.79 Å². The maximum atomic E-state index is 11.7. The lowest BCUT2D eigenvalue weighted by Gasteiger charge is -2.41. The molecule has 2 N–H and O–H groups in total. The molecule has 0 aromatic rings. The lowest BCUT2D eigenvalue weighted by atomic mass is 9.80. The molecule has 0 bridgehead atoms. The highest BCUT2D eigenvalue weighted by Gasteiger charge is 2.37. The van der Waals surface area contributed by atoms with E-state index in [9.17, 15) is 4.79 Å². The summed E-state index contributed by atoms with van der Waals surface area (Å²) in [5.74, 6) is 0. The van der Waals surface area contributed by atoms with Gasteiger partial charge in [0, 0.05) is 20.7 Å². The van der Waals surface area contributed by atoms with Gasteiger partial charge in [-0.1, -0.05) is 0 Å². The zero-order valence-corrected chi connectivity index (χ0v) is 10.3. The van der Waals surface area contributed by atoms with Crippen LogP contribution in [0.2, 0.25) is 0 Å². The first kappa shape index (κ1) is 13.3. The molecule has 0 aliphatic heterocycles. The van der Waals surface area contributed by atoms with Gasteiger partial charge in [-0.05, 0) is 26.2 Å². The summed E-state index contributed by atoms with van der Waals surface area (Å²) in [5.41, 5.74) is -0.154. The van der Waals surface area contributed by atoms with E-state index >= 15 is 0 Å². The highest BCUT2D eigenvalue weighted by atomic mass is 16.5. The molecule has 94 valence electrons. The quantitative estimate of drug-likeness (QED) is 0.726. The summed E-state index contributed by atoms with van der Waals surface area (Å²) in [4.78, 5) is 13.2. The van der Waals surface area contributed by atoms with Crippen molar-refractivity contribution in [2.24, 2.45) is 0 Å². The number of carbonyl (C=O) groups is 1. The van der Waals surface area contributed by atoms with Crippen molar-refractivity contribution >= 4 is 6.03 Å². The van der Waals surface area contributed by atoms with Crippen molar-refractivity contribution in [2.75, 3.05) is 27.3 Å². The third kappa shape index (κ3) is 2.86. The molecule has 1 aliphatic rings. The average molecular weight is 230 g/mol. The monoisotopic (exact) mass is 230 g/mol. The van der Waals surface area contributed by atoms with E-state index in [1.807, 2.05) is 0 Å². The molecule has 2 amide bonds. The van der Waals surface area contributed by atoms with Crippen LogP contribution in [-0.4, -0.2) is 55.0 Å². The van der Waals surface area contributed by atoms with E-state index in [2.05, 4.69) is 5.32 Å². The minimum Gasteiger partial charge on any atom is -0.394 e. The number of hydrogen-bond acceptors (Lipinski definition) is 3. The molecule has 5 nitrogen and oxygen atoms in total. The third-order valence-corrected chi connectivity index (χ3v) is 3.51. The van der Waals surface area contributed by atoms with E-state index in [1.54, 1.807) is 21.1 Å². The van der Waals surface area contributed by atoms with Crippen molar-refractivity contribution in [1.29, 1.82) is 0 Å². The Kier molecular flexibility index (Phi) is 4.56. The molecule has 1 fully saturated rings. The Morgan fingerprint density at radius 2 is 2.25 bits per heavy atom. The van der Waals surface area contributed by atoms with Crippen LogP contribution in [0.15, 0.2) is 0 Å². The summed E-state index contributed by atoms with van der Waals surface area (Å²) in [5, 5.41) is 11.8. The predicted octanol–water partition coefficient (Wildman–Crippen LogP) is 0.578. The van der Waals surface area contributed by atoms with E-state index in [0.29, 0.717) is 6.54 Å². The first-order valence-corrected chi connectivity index (χ1v) is 5.71. The predicted molar refractivity (Wildman–Crippen MR) is 61.3 cm³/mol. The topological polar surface area (TPSA) is 61.8 Å². The molecule has 0 aromatic heterocycles. The van der Waals surface area contributed by atoms with Crippen molar-refractivity contribution in [3.05, 3.63) is 0 Å². The summed E-state index contributed by atoms with van der Waals surface area (Å²) < 4.78 is 5.41. The summed E-state index contributed by atoms with van der Waals surface area (Å²) in [6.07, 6.45) is 3.17. The Morgan fingerprint density at radius 3 is 2.62 bits per heavy atom. The first-order chi connectivity index (χ1) is 7.54. The number of carbonyl (C=O) groups excluding carboxylic acids is 1. The second-order valence-electron chi connectivity index (χ2n) is 4.54. The molecule has 16 heavy (non-hydrogen) atoms. The van der Waals surface area contributed by atoms with Crippen LogP contribution >= 0.6 is 0 Å². The maximum absolute atomic E-state index is 11.7. The fourth-order valence-corrected chi connectivity index (χ4v) is 1.71. The smallest absolute Gasteiger partial charge is 0.317 e. The number of rotatable bonds is 5. The Bertz CT molecular complexity index is 236. The Balaban J connectivity index is 2.34. The highest BCUT2D eigenvalue weighted by Crippen LogP contribution is 2.34. The van der Waals surface area contributed by atoms with Gasteiger partial charge in [-0.15, -0.1) is 0 Å². The van der Waals surface area contributed by atoms with Crippen LogP contribution in [0, 0.1) is 0 Å². The molecule has 1 atom stereocenters. The molecule has 0 spiro atoms. The Hall–Kier alpha value is -0.810. The zero-order chi connectivity index (χ0) is 12.2. The summed E-state index contributed by atoms with van der Waals surface area (Å²) in [6.45, 7) is 2.32. The number of nitrogens with one attached hydrogen (secondary N) is 1. The highest BCUT2D eigenvalue weighted by molar-refractivity contribution is 5.74. The second-order valence-corrected chi connectivity index (χ2v) is 4.54. The first-order valence-electron chi connectivity index (χ1n) is 5.71. The fourth-order valence-electron chi connectivity index (χ4n) is 1.71. The molecular formula is C11H22N2O3. The lowest BCUT2D eigenvalue weighted by Crippen LogP contribution is -2.53. The molecule has 1 aliphatic carbocycles. The van der Waals surface area contributed by atoms with Crippen molar-refractivity contribution in [1.82, 2.24) is 10.2 Å². The SMILES string of the molecule is COC1(CNC(=O)N(C)C(C)CO)CCC1. The van der Waals surface area contributed by atoms with E-state index in [4.69, 9.17) is 9.84 Å². The van der Waals surface area contributed by atoms with Gasteiger partial charge in [0.05, 0.1) is 18.2 Å². The van der Waals surface area contributed by atoms with Crippen LogP contribution in [0.5, 0.6) is 0 Å². The van der Waals surface area contributed by atoms with Gasteiger partial charge in [-0.3, -0.25) is 0 Å². The van der Waals surface area contributed by atoms with Gasteiger partial charge in [0.1, 0.15) is 0 Å². The molecule has 0 aromatic carbocycles. The van der Waals surface area contributed by atoms with Crippen LogP contribution < -0.4 is 5.32 Å². The number of nitrogens with zero attached hydrogens (tertiary/aromatic N) is 1. The van der Waals surface area contributed by atoms with Gasteiger partial charge < -0.3 is 20.1 Å². The fraction of sp³-hybridized carbons (Fsp3) is 0.909. The lowest BCUT2D eigenvalue weighted by molar-refractivity contribution is -0.0679. The number of methoxy groups -OCH3 is 1. The molecule has 1 unspecified atom stereocenters. The standard InChI is InChI=1S/C11H22N2O3/c1-9(7-14)13(2)10(15)12-8-11(16-3)5-4-6-11/h9,14H,4-8H2,1-3H3,(H,12,15). The summed E-state index contributed by atoms with van der Waals surface area (Å²) >= 11 is 0. The second kappa shape index (κ2) is 5.50. The summed E-state index contributed by atoms with van der Waals surface area (Å²) in [6, 6.07) is -0.329. The molecule has 1 saturated carbocycles. The van der Waals surface area contributed by atoms with Crippen LogP contribution in [0.25, 0.3) is 0 Å². The minimum atomic E-state index is -0.167. The van der Waals surface area contributed by atoms with Gasteiger partial charge in [0.15, 0.2) is 0 Å². The van der Waals surface area contributed by atoms with Crippen molar-refractivity contribution in [3.8, 4) is 0 Å². The van der Waals surface area contributed by atoms with E-state index in [0.717, 1.165) is 19.3 Å². The molecular weight excluding hydrogens is 208 g/mol. The van der Waals surface area contributed by atoms with E-state index < -0.39 is 0 Å². The molecule has 0 heterocycles. The van der Waals surface area contributed by atoms with E-state index in [1.165, 1.54) is 4.90 Å². The minimum absolute atomic E-state index is 0.0284. The number of hydrogen-bond donors (Lipinski definition) is 2. The Labute approximate surface area is 96.8 Å². The van der Waals surface area contributed by atoms with Gasteiger partial charge in [0.2, 0.25) is 0 Å². The molecule has 1 rings (SSSR count). The zero-order valence-electron chi connectivity index (χ0n) is 10.3. The van der Waals surface area contributed by atoms with Gasteiger partial charge in [-0.2, -0.15) is 0 Å². The van der Waals surface area contributed by atoms with Crippen LogP contribution in [0.3, 0.4) is 0 Å². The number of aliphatic hydroxyl groups excluding tert-OH is 1.